The maximum atomic E-state index is 12.0. The zero-order valence-corrected chi connectivity index (χ0v) is 11.7. The topological polar surface area (TPSA) is 95.9 Å². The normalized spacial score (nSPS) is 12.0. The molecule has 3 N–H and O–H groups in total. The predicted molar refractivity (Wildman–Crippen MR) is 72.5 cm³/mol. The van der Waals surface area contributed by atoms with Crippen molar-refractivity contribution in [2.24, 2.45) is 5.92 Å². The number of carbonyl (C=O) groups excluding carboxylic acids is 2. The first kappa shape index (κ1) is 15.8. The van der Waals surface area contributed by atoms with Gasteiger partial charge in [0.1, 0.15) is 6.04 Å². The number of nitrogens with one attached hydrogen (secondary N) is 1. The number of esters is 1. The molecular formula is C14H19NO5. The molecule has 1 aromatic carbocycles. The summed E-state index contributed by atoms with van der Waals surface area (Å²) >= 11 is 0. The minimum absolute atomic E-state index is 0.0948. The van der Waals surface area contributed by atoms with Crippen LogP contribution in [0, 0.1) is 5.92 Å². The molecule has 0 saturated heterocycles. The molecule has 1 rings (SSSR count). The van der Waals surface area contributed by atoms with Gasteiger partial charge in [-0.15, -0.1) is 0 Å². The van der Waals surface area contributed by atoms with Crippen molar-refractivity contribution in [3.05, 3.63) is 23.8 Å². The highest BCUT2D eigenvalue weighted by Gasteiger charge is 2.24. The number of benzene rings is 1. The van der Waals surface area contributed by atoms with E-state index in [1.807, 2.05) is 13.8 Å². The van der Waals surface area contributed by atoms with Crippen molar-refractivity contribution in [3.63, 3.8) is 0 Å². The number of ether oxygens (including phenoxy) is 1. The molecule has 1 amide bonds. The van der Waals surface area contributed by atoms with Gasteiger partial charge in [-0.1, -0.05) is 19.9 Å². The van der Waals surface area contributed by atoms with E-state index in [2.05, 4.69) is 10.1 Å². The summed E-state index contributed by atoms with van der Waals surface area (Å²) in [4.78, 5) is 23.7. The van der Waals surface area contributed by atoms with E-state index in [9.17, 15) is 19.8 Å². The van der Waals surface area contributed by atoms with Crippen LogP contribution in [-0.2, 0) is 9.53 Å². The number of phenolic OH excluding ortho intramolecular Hbond substituents is 2. The lowest BCUT2D eigenvalue weighted by Gasteiger charge is -2.18. The second-order valence-electron chi connectivity index (χ2n) is 4.85. The van der Waals surface area contributed by atoms with E-state index >= 15 is 0 Å². The van der Waals surface area contributed by atoms with Crippen LogP contribution < -0.4 is 5.32 Å². The van der Waals surface area contributed by atoms with Crippen LogP contribution in [0.2, 0.25) is 0 Å². The molecule has 0 saturated carbocycles. The fourth-order valence-electron chi connectivity index (χ4n) is 1.78. The maximum Gasteiger partial charge on any atom is 0.328 e. The first-order chi connectivity index (χ1) is 9.36. The van der Waals surface area contributed by atoms with Gasteiger partial charge in [-0.05, 0) is 24.5 Å². The Morgan fingerprint density at radius 1 is 1.30 bits per heavy atom. The number of para-hydroxylation sites is 1. The van der Waals surface area contributed by atoms with Crippen molar-refractivity contribution in [3.8, 4) is 11.5 Å². The van der Waals surface area contributed by atoms with Crippen LogP contribution in [-0.4, -0.2) is 35.2 Å². The minimum Gasteiger partial charge on any atom is -0.504 e. The molecule has 6 nitrogen and oxygen atoms in total. The van der Waals surface area contributed by atoms with Crippen LogP contribution in [0.5, 0.6) is 11.5 Å². The second kappa shape index (κ2) is 6.79. The molecule has 1 aromatic rings. The smallest absolute Gasteiger partial charge is 0.328 e. The van der Waals surface area contributed by atoms with Crippen molar-refractivity contribution < 1.29 is 24.5 Å². The molecule has 1 atom stereocenters. The molecule has 0 radical (unpaired) electrons. The fourth-order valence-corrected chi connectivity index (χ4v) is 1.78. The van der Waals surface area contributed by atoms with E-state index in [0.29, 0.717) is 6.42 Å². The molecule has 20 heavy (non-hydrogen) atoms. The molecule has 110 valence electrons. The van der Waals surface area contributed by atoms with Crippen LogP contribution in [0.15, 0.2) is 18.2 Å². The number of rotatable bonds is 5. The van der Waals surface area contributed by atoms with Gasteiger partial charge in [0.2, 0.25) is 0 Å². The Bertz CT molecular complexity index is 498. The van der Waals surface area contributed by atoms with Crippen molar-refractivity contribution in [1.82, 2.24) is 5.32 Å². The van der Waals surface area contributed by atoms with Crippen molar-refractivity contribution >= 4 is 11.9 Å². The zero-order valence-electron chi connectivity index (χ0n) is 11.7. The Hall–Kier alpha value is -2.24. The average Bonchev–Trinajstić information content (AvgIpc) is 2.39. The minimum atomic E-state index is -0.797. The molecular weight excluding hydrogens is 262 g/mol. The van der Waals surface area contributed by atoms with Gasteiger partial charge in [-0.3, -0.25) is 4.79 Å². The van der Waals surface area contributed by atoms with E-state index < -0.39 is 29.4 Å². The van der Waals surface area contributed by atoms with E-state index in [1.54, 1.807) is 0 Å². The Kier molecular flexibility index (Phi) is 5.37. The first-order valence-corrected chi connectivity index (χ1v) is 6.26. The molecule has 0 aliphatic heterocycles. The molecule has 0 aliphatic carbocycles. The molecule has 0 fully saturated rings. The second-order valence-corrected chi connectivity index (χ2v) is 4.85. The number of carbonyl (C=O) groups is 2. The summed E-state index contributed by atoms with van der Waals surface area (Å²) in [6.07, 6.45) is 0.415. The monoisotopic (exact) mass is 281 g/mol. The largest absolute Gasteiger partial charge is 0.504 e. The predicted octanol–water partition coefficient (Wildman–Crippen LogP) is 1.42. The lowest BCUT2D eigenvalue weighted by Crippen LogP contribution is -2.42. The molecule has 1 unspecified atom stereocenters. The molecule has 6 heteroatoms. The number of methoxy groups -OCH3 is 1. The van der Waals surface area contributed by atoms with Crippen molar-refractivity contribution in [2.45, 2.75) is 26.3 Å². The molecule has 0 heterocycles. The van der Waals surface area contributed by atoms with Crippen LogP contribution >= 0.6 is 0 Å². The third kappa shape index (κ3) is 3.88. The number of phenols is 2. The summed E-state index contributed by atoms with van der Waals surface area (Å²) in [5.74, 6) is -1.92. The Balaban J connectivity index is 2.90. The van der Waals surface area contributed by atoms with E-state index in [4.69, 9.17) is 0 Å². The van der Waals surface area contributed by atoms with E-state index in [-0.39, 0.29) is 11.5 Å². The third-order valence-corrected chi connectivity index (χ3v) is 2.76. The van der Waals surface area contributed by atoms with Gasteiger partial charge in [0, 0.05) is 0 Å². The summed E-state index contributed by atoms with van der Waals surface area (Å²) in [5.41, 5.74) is -0.0948. The van der Waals surface area contributed by atoms with Gasteiger partial charge in [-0.25, -0.2) is 4.79 Å². The molecule has 0 spiro atoms. The highest BCUT2D eigenvalue weighted by Crippen LogP contribution is 2.28. The maximum absolute atomic E-state index is 12.0. The molecule has 0 aromatic heterocycles. The van der Waals surface area contributed by atoms with Crippen LogP contribution in [0.4, 0.5) is 0 Å². The Morgan fingerprint density at radius 2 is 1.95 bits per heavy atom. The van der Waals surface area contributed by atoms with Crippen LogP contribution in [0.3, 0.4) is 0 Å². The number of aromatic hydroxyl groups is 2. The Labute approximate surface area is 117 Å². The van der Waals surface area contributed by atoms with Crippen molar-refractivity contribution in [1.29, 1.82) is 0 Å². The van der Waals surface area contributed by atoms with Gasteiger partial charge in [0.05, 0.1) is 12.7 Å². The van der Waals surface area contributed by atoms with Gasteiger partial charge >= 0.3 is 5.97 Å². The summed E-state index contributed by atoms with van der Waals surface area (Å²) < 4.78 is 4.64. The van der Waals surface area contributed by atoms with Gasteiger partial charge in [-0.2, -0.15) is 0 Å². The SMILES string of the molecule is COC(=O)C(CC(C)C)NC(=O)c1cccc(O)c1O. The Morgan fingerprint density at radius 3 is 2.50 bits per heavy atom. The lowest BCUT2D eigenvalue weighted by atomic mass is 10.0. The lowest BCUT2D eigenvalue weighted by molar-refractivity contribution is -0.143. The van der Waals surface area contributed by atoms with Crippen molar-refractivity contribution in [2.75, 3.05) is 7.11 Å². The summed E-state index contributed by atoms with van der Waals surface area (Å²) in [6.45, 7) is 3.82. The summed E-state index contributed by atoms with van der Waals surface area (Å²) in [5, 5.41) is 21.5. The summed E-state index contributed by atoms with van der Waals surface area (Å²) in [6, 6.07) is 3.25. The fraction of sp³-hybridized carbons (Fsp3) is 0.429. The van der Waals surface area contributed by atoms with Gasteiger partial charge in [0.15, 0.2) is 11.5 Å². The van der Waals surface area contributed by atoms with E-state index in [1.165, 1.54) is 25.3 Å². The standard InChI is InChI=1S/C14H19NO5/c1-8(2)7-10(14(19)20-3)15-13(18)9-5-4-6-11(16)12(9)17/h4-6,8,10,16-17H,7H2,1-3H3,(H,15,18). The highest BCUT2D eigenvalue weighted by atomic mass is 16.5. The third-order valence-electron chi connectivity index (χ3n) is 2.76. The quantitative estimate of drug-likeness (QED) is 0.560. The van der Waals surface area contributed by atoms with E-state index in [0.717, 1.165) is 0 Å². The van der Waals surface area contributed by atoms with Gasteiger partial charge < -0.3 is 20.3 Å². The number of amides is 1. The molecule has 0 bridgehead atoms. The highest BCUT2D eigenvalue weighted by molar-refractivity contribution is 5.99. The van der Waals surface area contributed by atoms with Crippen LogP contribution in [0.1, 0.15) is 30.6 Å². The number of hydrogen-bond acceptors (Lipinski definition) is 5. The first-order valence-electron chi connectivity index (χ1n) is 6.26. The number of hydrogen-bond donors (Lipinski definition) is 3. The summed E-state index contributed by atoms with van der Waals surface area (Å²) in [7, 11) is 1.24. The average molecular weight is 281 g/mol. The zero-order chi connectivity index (χ0) is 15.3. The van der Waals surface area contributed by atoms with Gasteiger partial charge in [0.25, 0.3) is 5.91 Å². The van der Waals surface area contributed by atoms with Crippen LogP contribution in [0.25, 0.3) is 0 Å². The molecule has 0 aliphatic rings.